The zero-order valence-electron chi connectivity index (χ0n) is 14.5. The summed E-state index contributed by atoms with van der Waals surface area (Å²) >= 11 is 3.60. The summed E-state index contributed by atoms with van der Waals surface area (Å²) < 4.78 is 1.06. The molecule has 4 nitrogen and oxygen atoms in total. The molecule has 1 N–H and O–H groups in total. The van der Waals surface area contributed by atoms with Gasteiger partial charge in [0.2, 0.25) is 5.91 Å². The summed E-state index contributed by atoms with van der Waals surface area (Å²) in [4.78, 5) is 14.7. The number of hydrogen-bond donors (Lipinski definition) is 1. The Bertz CT molecular complexity index is 605. The molecule has 1 fully saturated rings. The first-order chi connectivity index (χ1) is 11.5. The van der Waals surface area contributed by atoms with Gasteiger partial charge in [-0.15, -0.1) is 0 Å². The van der Waals surface area contributed by atoms with Gasteiger partial charge in [0.05, 0.1) is 12.6 Å². The van der Waals surface area contributed by atoms with Crippen molar-refractivity contribution >= 4 is 21.8 Å². The molecule has 0 saturated heterocycles. The average molecular weight is 392 g/mol. The fourth-order valence-corrected chi connectivity index (χ4v) is 4.06. The summed E-state index contributed by atoms with van der Waals surface area (Å²) in [7, 11) is 0. The number of nitrogens with zero attached hydrogens (tertiary/aromatic N) is 2. The standard InChI is InChI=1S/C19H26BrN3O/c1-3-12-23(15(2)16-8-4-5-9-17(16)20)13-18(24)22-19(14-21)10-6-7-11-19/h4-5,8-9,15H,3,6-7,10-13H2,1-2H3,(H,22,24). The number of amides is 1. The molecule has 1 amide bonds. The summed E-state index contributed by atoms with van der Waals surface area (Å²) in [6, 6.07) is 10.6. The highest BCUT2D eigenvalue weighted by atomic mass is 79.9. The van der Waals surface area contributed by atoms with Crippen molar-refractivity contribution in [2.45, 2.75) is 57.5 Å². The van der Waals surface area contributed by atoms with Gasteiger partial charge in [-0.2, -0.15) is 5.26 Å². The monoisotopic (exact) mass is 391 g/mol. The SMILES string of the molecule is CCCN(CC(=O)NC1(C#N)CCCC1)C(C)c1ccccc1Br. The molecule has 5 heteroatoms. The summed E-state index contributed by atoms with van der Waals surface area (Å²) in [6.45, 7) is 5.40. The fourth-order valence-electron chi connectivity index (χ4n) is 3.44. The van der Waals surface area contributed by atoms with Gasteiger partial charge in [-0.25, -0.2) is 0 Å². The van der Waals surface area contributed by atoms with Crippen LogP contribution >= 0.6 is 15.9 Å². The Labute approximate surface area is 153 Å². The predicted octanol–water partition coefficient (Wildman–Crippen LogP) is 4.17. The van der Waals surface area contributed by atoms with Gasteiger partial charge in [0.15, 0.2) is 0 Å². The summed E-state index contributed by atoms with van der Waals surface area (Å²) in [5.41, 5.74) is 0.528. The van der Waals surface area contributed by atoms with E-state index in [1.807, 2.05) is 18.2 Å². The van der Waals surface area contributed by atoms with Crippen molar-refractivity contribution in [1.82, 2.24) is 10.2 Å². The van der Waals surface area contributed by atoms with Crippen molar-refractivity contribution in [2.24, 2.45) is 0 Å². The number of carbonyl (C=O) groups is 1. The number of carbonyl (C=O) groups excluding carboxylic acids is 1. The molecule has 0 bridgehead atoms. The van der Waals surface area contributed by atoms with Crippen LogP contribution in [0.2, 0.25) is 0 Å². The molecular formula is C19H26BrN3O. The van der Waals surface area contributed by atoms with Crippen molar-refractivity contribution in [1.29, 1.82) is 5.26 Å². The number of nitrogens with one attached hydrogen (secondary N) is 1. The highest BCUT2D eigenvalue weighted by molar-refractivity contribution is 9.10. The Morgan fingerprint density at radius 1 is 1.42 bits per heavy atom. The molecule has 0 aromatic heterocycles. The second kappa shape index (κ2) is 8.64. The Morgan fingerprint density at radius 3 is 2.67 bits per heavy atom. The molecule has 2 rings (SSSR count). The molecule has 0 heterocycles. The lowest BCUT2D eigenvalue weighted by Crippen LogP contribution is -2.49. The molecule has 0 spiro atoms. The lowest BCUT2D eigenvalue weighted by molar-refractivity contribution is -0.124. The largest absolute Gasteiger partial charge is 0.337 e. The van der Waals surface area contributed by atoms with Gasteiger partial charge in [0.1, 0.15) is 5.54 Å². The van der Waals surface area contributed by atoms with Crippen LogP contribution in [0.15, 0.2) is 28.7 Å². The first kappa shape index (κ1) is 19.0. The van der Waals surface area contributed by atoms with E-state index in [4.69, 9.17) is 0 Å². The summed E-state index contributed by atoms with van der Waals surface area (Å²) in [6.07, 6.45) is 4.54. The van der Waals surface area contributed by atoms with Gasteiger partial charge in [-0.3, -0.25) is 9.69 Å². The van der Waals surface area contributed by atoms with Crippen LogP contribution in [0, 0.1) is 11.3 Å². The van der Waals surface area contributed by atoms with Crippen molar-refractivity contribution < 1.29 is 4.79 Å². The predicted molar refractivity (Wildman–Crippen MR) is 99.4 cm³/mol. The molecule has 0 aliphatic heterocycles. The minimum atomic E-state index is -0.647. The maximum absolute atomic E-state index is 12.6. The molecule has 1 aromatic carbocycles. The van der Waals surface area contributed by atoms with Crippen LogP contribution in [0.1, 0.15) is 57.6 Å². The van der Waals surface area contributed by atoms with Crippen LogP contribution in [0.3, 0.4) is 0 Å². The molecule has 1 unspecified atom stereocenters. The van der Waals surface area contributed by atoms with Crippen molar-refractivity contribution in [3.8, 4) is 6.07 Å². The van der Waals surface area contributed by atoms with Crippen LogP contribution < -0.4 is 5.32 Å². The number of hydrogen-bond acceptors (Lipinski definition) is 3. The quantitative estimate of drug-likeness (QED) is 0.758. The minimum Gasteiger partial charge on any atom is -0.337 e. The van der Waals surface area contributed by atoms with E-state index in [2.05, 4.69) is 52.1 Å². The Morgan fingerprint density at radius 2 is 2.08 bits per heavy atom. The molecule has 1 aromatic rings. The lowest BCUT2D eigenvalue weighted by Gasteiger charge is -2.31. The summed E-state index contributed by atoms with van der Waals surface area (Å²) in [5.74, 6) is -0.0502. The topological polar surface area (TPSA) is 56.1 Å². The highest BCUT2D eigenvalue weighted by Gasteiger charge is 2.35. The first-order valence-electron chi connectivity index (χ1n) is 8.72. The molecule has 0 radical (unpaired) electrons. The first-order valence-corrected chi connectivity index (χ1v) is 9.51. The maximum atomic E-state index is 12.6. The van der Waals surface area contributed by atoms with Gasteiger partial charge >= 0.3 is 0 Å². The van der Waals surface area contributed by atoms with Gasteiger partial charge in [-0.05, 0) is 57.2 Å². The zero-order chi connectivity index (χ0) is 17.6. The van der Waals surface area contributed by atoms with E-state index in [9.17, 15) is 10.1 Å². The van der Waals surface area contributed by atoms with Gasteiger partial charge < -0.3 is 5.32 Å². The molecule has 24 heavy (non-hydrogen) atoms. The van der Waals surface area contributed by atoms with E-state index >= 15 is 0 Å². The Kier molecular flexibility index (Phi) is 6.82. The van der Waals surface area contributed by atoms with E-state index in [1.165, 1.54) is 5.56 Å². The van der Waals surface area contributed by atoms with Crippen LogP contribution in [0.5, 0.6) is 0 Å². The van der Waals surface area contributed by atoms with E-state index < -0.39 is 5.54 Å². The average Bonchev–Trinajstić information content (AvgIpc) is 3.03. The third-order valence-electron chi connectivity index (χ3n) is 4.81. The molecule has 1 aliphatic rings. The van der Waals surface area contributed by atoms with Crippen molar-refractivity contribution in [2.75, 3.05) is 13.1 Å². The van der Waals surface area contributed by atoms with E-state index in [0.717, 1.165) is 43.1 Å². The van der Waals surface area contributed by atoms with Crippen LogP contribution in [0.4, 0.5) is 0 Å². The van der Waals surface area contributed by atoms with E-state index in [-0.39, 0.29) is 11.9 Å². The van der Waals surface area contributed by atoms with Gasteiger partial charge in [-0.1, -0.05) is 41.1 Å². The lowest BCUT2D eigenvalue weighted by atomic mass is 10.00. The second-order valence-corrected chi connectivity index (χ2v) is 7.47. The molecular weight excluding hydrogens is 366 g/mol. The minimum absolute atomic E-state index is 0.0502. The maximum Gasteiger partial charge on any atom is 0.235 e. The molecule has 130 valence electrons. The zero-order valence-corrected chi connectivity index (χ0v) is 16.1. The normalized spacial score (nSPS) is 17.5. The fraction of sp³-hybridized carbons (Fsp3) is 0.579. The van der Waals surface area contributed by atoms with Gasteiger partial charge in [0.25, 0.3) is 0 Å². The van der Waals surface area contributed by atoms with Gasteiger partial charge in [0, 0.05) is 10.5 Å². The van der Waals surface area contributed by atoms with Crippen LogP contribution in [0.25, 0.3) is 0 Å². The van der Waals surface area contributed by atoms with E-state index in [0.29, 0.717) is 6.54 Å². The van der Waals surface area contributed by atoms with Crippen molar-refractivity contribution in [3.63, 3.8) is 0 Å². The van der Waals surface area contributed by atoms with E-state index in [1.54, 1.807) is 0 Å². The highest BCUT2D eigenvalue weighted by Crippen LogP contribution is 2.30. The number of halogens is 1. The number of rotatable bonds is 7. The molecule has 1 atom stereocenters. The van der Waals surface area contributed by atoms with Crippen molar-refractivity contribution in [3.05, 3.63) is 34.3 Å². The summed E-state index contributed by atoms with van der Waals surface area (Å²) in [5, 5.41) is 12.4. The smallest absolute Gasteiger partial charge is 0.235 e. The molecule has 1 saturated carbocycles. The number of benzene rings is 1. The molecule has 1 aliphatic carbocycles. The van der Waals surface area contributed by atoms with Crippen LogP contribution in [-0.4, -0.2) is 29.4 Å². The van der Waals surface area contributed by atoms with Crippen LogP contribution in [-0.2, 0) is 4.79 Å². The third-order valence-corrected chi connectivity index (χ3v) is 5.53. The Hall–Kier alpha value is -1.38. The Balaban J connectivity index is 2.06. The second-order valence-electron chi connectivity index (χ2n) is 6.62. The number of nitriles is 1. The third kappa shape index (κ3) is 4.58.